The van der Waals surface area contributed by atoms with Crippen molar-refractivity contribution in [2.24, 2.45) is 5.92 Å². The minimum absolute atomic E-state index is 0.0640. The summed E-state index contributed by atoms with van der Waals surface area (Å²) in [6.07, 6.45) is 13.6. The topological polar surface area (TPSA) is 173 Å². The predicted octanol–water partition coefficient (Wildman–Crippen LogP) is 10.3. The third-order valence-electron chi connectivity index (χ3n) is 10.1. The fourth-order valence-corrected chi connectivity index (χ4v) is 8.04. The van der Waals surface area contributed by atoms with E-state index in [0.29, 0.717) is 6.42 Å². The maximum atomic E-state index is 13.5. The first-order valence-electron chi connectivity index (χ1n) is 18.8. The van der Waals surface area contributed by atoms with Crippen LogP contribution in [0.25, 0.3) is 0 Å². The quantitative estimate of drug-likeness (QED) is 0.0630. The van der Waals surface area contributed by atoms with E-state index in [1.165, 1.54) is 44.9 Å². The molecule has 1 aliphatic heterocycles. The summed E-state index contributed by atoms with van der Waals surface area (Å²) in [5.41, 5.74) is -3.47. The number of ether oxygens (including phenoxy) is 1. The molecule has 0 saturated carbocycles. The van der Waals surface area contributed by atoms with Crippen LogP contribution in [0.1, 0.15) is 157 Å². The lowest BCUT2D eigenvalue weighted by atomic mass is 9.57. The van der Waals surface area contributed by atoms with Gasteiger partial charge in [0.15, 0.2) is 0 Å². The van der Waals surface area contributed by atoms with Crippen LogP contribution in [0.3, 0.4) is 0 Å². The van der Waals surface area contributed by atoms with Crippen LogP contribution in [-0.4, -0.2) is 49.0 Å². The standard InChI is InChI=1S/C39H61N3O9/c1-10-11-12-13-14-15-16-17-18-19-20-21-22-23-30-31(41(47)48)24-32(42(49)50)36(51-27(6)7)35(30)39(25(2)3)33(37(43)44)28(8)40(26(4)5)29(9)34(39)38(45)46/h24-27H,10-23H2,1-9H3,(H,43,44)(H,45,46). The van der Waals surface area contributed by atoms with Gasteiger partial charge in [-0.3, -0.25) is 20.2 Å². The van der Waals surface area contributed by atoms with E-state index in [9.17, 15) is 40.0 Å². The van der Waals surface area contributed by atoms with Crippen molar-refractivity contribution in [2.75, 3.05) is 0 Å². The van der Waals surface area contributed by atoms with Crippen LogP contribution in [0.4, 0.5) is 11.4 Å². The number of hydrogen-bond acceptors (Lipinski definition) is 8. The number of carboxylic acids is 2. The number of nitrogens with zero attached hydrogens (tertiary/aromatic N) is 3. The second kappa shape index (κ2) is 19.6. The first kappa shape index (κ1) is 43.2. The first-order valence-corrected chi connectivity index (χ1v) is 18.8. The molecule has 0 fully saturated rings. The maximum absolute atomic E-state index is 13.5. The van der Waals surface area contributed by atoms with Gasteiger partial charge in [-0.05, 0) is 60.3 Å². The van der Waals surface area contributed by atoms with Crippen LogP contribution in [0.2, 0.25) is 0 Å². The second-order valence-corrected chi connectivity index (χ2v) is 14.7. The molecule has 0 unspecified atom stereocenters. The predicted molar refractivity (Wildman–Crippen MR) is 199 cm³/mol. The van der Waals surface area contributed by atoms with Crippen LogP contribution in [0, 0.1) is 26.1 Å². The molecule has 0 bridgehead atoms. The van der Waals surface area contributed by atoms with Crippen LogP contribution in [-0.2, 0) is 21.4 Å². The summed E-state index contributed by atoms with van der Waals surface area (Å²) in [7, 11) is 0. The van der Waals surface area contributed by atoms with E-state index in [1.807, 2.05) is 0 Å². The molecule has 1 aromatic carbocycles. The molecule has 286 valence electrons. The Hall–Kier alpha value is -3.96. The summed E-state index contributed by atoms with van der Waals surface area (Å²) in [5.74, 6) is -4.02. The van der Waals surface area contributed by atoms with Gasteiger partial charge in [0, 0.05) is 28.6 Å². The number of hydrogen-bond donors (Lipinski definition) is 2. The van der Waals surface area contributed by atoms with E-state index in [2.05, 4.69) is 6.92 Å². The number of nitro groups is 2. The van der Waals surface area contributed by atoms with Gasteiger partial charge in [0.2, 0.25) is 5.75 Å². The monoisotopic (exact) mass is 715 g/mol. The van der Waals surface area contributed by atoms with Crippen molar-refractivity contribution >= 4 is 23.3 Å². The summed E-state index contributed by atoms with van der Waals surface area (Å²) < 4.78 is 6.15. The molecule has 0 aromatic heterocycles. The number of unbranched alkanes of at least 4 members (excludes halogenated alkanes) is 12. The fourth-order valence-electron chi connectivity index (χ4n) is 8.04. The zero-order chi connectivity index (χ0) is 38.6. The SMILES string of the molecule is CCCCCCCCCCCCCCCc1c([N+](=O)[O-])cc([N+](=O)[O-])c(OC(C)C)c1C1(C(C)C)C(C(=O)O)=C(C)N(C(C)C)C(C)=C1C(=O)O. The van der Waals surface area contributed by atoms with E-state index in [1.54, 1.807) is 60.3 Å². The van der Waals surface area contributed by atoms with Crippen LogP contribution in [0.5, 0.6) is 5.75 Å². The molecule has 12 nitrogen and oxygen atoms in total. The van der Waals surface area contributed by atoms with Gasteiger partial charge in [-0.2, -0.15) is 0 Å². The molecule has 0 saturated heterocycles. The molecule has 1 aromatic rings. The van der Waals surface area contributed by atoms with E-state index >= 15 is 0 Å². The van der Waals surface area contributed by atoms with Crippen LogP contribution in [0.15, 0.2) is 28.6 Å². The van der Waals surface area contributed by atoms with Gasteiger partial charge in [0.05, 0.1) is 38.6 Å². The molecule has 0 spiro atoms. The number of allylic oxidation sites excluding steroid dienone is 2. The lowest BCUT2D eigenvalue weighted by Gasteiger charge is -2.49. The largest absolute Gasteiger partial charge is 0.484 e. The molecule has 1 heterocycles. The van der Waals surface area contributed by atoms with Crippen molar-refractivity contribution in [1.82, 2.24) is 4.90 Å². The fraction of sp³-hybridized carbons (Fsp3) is 0.692. The lowest BCUT2D eigenvalue weighted by Crippen LogP contribution is -2.50. The van der Waals surface area contributed by atoms with Gasteiger partial charge in [-0.15, -0.1) is 0 Å². The van der Waals surface area contributed by atoms with E-state index < -0.39 is 50.6 Å². The van der Waals surface area contributed by atoms with Gasteiger partial charge >= 0.3 is 17.6 Å². The lowest BCUT2D eigenvalue weighted by molar-refractivity contribution is -0.395. The maximum Gasteiger partial charge on any atom is 0.334 e. The number of aliphatic carboxylic acids is 2. The Morgan fingerprint density at radius 2 is 1.16 bits per heavy atom. The molecule has 0 aliphatic carbocycles. The second-order valence-electron chi connectivity index (χ2n) is 14.7. The number of benzene rings is 1. The number of rotatable bonds is 23. The Morgan fingerprint density at radius 3 is 1.49 bits per heavy atom. The number of nitro benzene ring substituents is 2. The number of carbonyl (C=O) groups is 2. The molecule has 2 N–H and O–H groups in total. The smallest absolute Gasteiger partial charge is 0.334 e. The summed E-state index contributed by atoms with van der Waals surface area (Å²) >= 11 is 0. The van der Waals surface area contributed by atoms with Gasteiger partial charge in [-0.1, -0.05) is 97.8 Å². The highest BCUT2D eigenvalue weighted by atomic mass is 16.6. The molecule has 0 radical (unpaired) electrons. The highest BCUT2D eigenvalue weighted by Gasteiger charge is 2.58. The van der Waals surface area contributed by atoms with Crippen molar-refractivity contribution in [3.8, 4) is 5.75 Å². The normalized spacial score (nSPS) is 14.6. The van der Waals surface area contributed by atoms with Gasteiger partial charge < -0.3 is 19.8 Å². The van der Waals surface area contributed by atoms with Gasteiger partial charge in [0.1, 0.15) is 0 Å². The summed E-state index contributed by atoms with van der Waals surface area (Å²) in [4.78, 5) is 52.4. The molecular formula is C39H61N3O9. The van der Waals surface area contributed by atoms with Crippen molar-refractivity contribution in [3.05, 3.63) is 60.0 Å². The summed E-state index contributed by atoms with van der Waals surface area (Å²) in [6, 6.07) is 0.541. The Morgan fingerprint density at radius 1 is 0.745 bits per heavy atom. The minimum atomic E-state index is -2.05. The molecule has 0 atom stereocenters. The van der Waals surface area contributed by atoms with E-state index in [0.717, 1.165) is 38.2 Å². The van der Waals surface area contributed by atoms with Crippen molar-refractivity contribution in [2.45, 2.75) is 170 Å². The zero-order valence-electron chi connectivity index (χ0n) is 32.3. The molecule has 51 heavy (non-hydrogen) atoms. The van der Waals surface area contributed by atoms with Crippen LogP contribution >= 0.6 is 0 Å². The molecular weight excluding hydrogens is 654 g/mol. The molecule has 2 rings (SSSR count). The van der Waals surface area contributed by atoms with Crippen molar-refractivity contribution < 1.29 is 34.4 Å². The van der Waals surface area contributed by atoms with Crippen molar-refractivity contribution in [3.63, 3.8) is 0 Å². The average Bonchev–Trinajstić information content (AvgIpc) is 3.01. The highest BCUT2D eigenvalue weighted by Crippen LogP contribution is 2.58. The third kappa shape index (κ3) is 9.89. The zero-order valence-corrected chi connectivity index (χ0v) is 32.3. The average molecular weight is 716 g/mol. The Labute approximate surface area is 303 Å². The first-order chi connectivity index (χ1) is 24.0. The highest BCUT2D eigenvalue weighted by molar-refractivity contribution is 6.02. The number of carboxylic acid groups (broad SMARTS) is 2. The molecule has 0 amide bonds. The summed E-state index contributed by atoms with van der Waals surface area (Å²) in [5, 5.41) is 47.3. The van der Waals surface area contributed by atoms with Gasteiger partial charge in [0.25, 0.3) is 5.69 Å². The van der Waals surface area contributed by atoms with E-state index in [4.69, 9.17) is 4.74 Å². The summed E-state index contributed by atoms with van der Waals surface area (Å²) in [6.45, 7) is 15.6. The van der Waals surface area contributed by atoms with Crippen molar-refractivity contribution in [1.29, 1.82) is 0 Å². The minimum Gasteiger partial charge on any atom is -0.484 e. The third-order valence-corrected chi connectivity index (χ3v) is 10.1. The Bertz CT molecular complexity index is 1440. The molecule has 1 aliphatic rings. The van der Waals surface area contributed by atoms with Gasteiger partial charge in [-0.25, -0.2) is 9.59 Å². The van der Waals surface area contributed by atoms with Crippen LogP contribution < -0.4 is 4.74 Å². The Kier molecular flexibility index (Phi) is 16.6. The van der Waals surface area contributed by atoms with E-state index in [-0.39, 0.29) is 51.9 Å². The Balaban J connectivity index is 2.79. The molecule has 12 heteroatoms.